The summed E-state index contributed by atoms with van der Waals surface area (Å²) in [5.41, 5.74) is 7.54. The van der Waals surface area contributed by atoms with E-state index in [4.69, 9.17) is 10.2 Å². The number of furan rings is 1. The van der Waals surface area contributed by atoms with Crippen molar-refractivity contribution >= 4 is 0 Å². The van der Waals surface area contributed by atoms with Gasteiger partial charge in [0.25, 0.3) is 0 Å². The Morgan fingerprint density at radius 3 is 2.37 bits per heavy atom. The van der Waals surface area contributed by atoms with Gasteiger partial charge in [-0.3, -0.25) is 4.90 Å². The summed E-state index contributed by atoms with van der Waals surface area (Å²) in [5.74, 6) is 1.93. The van der Waals surface area contributed by atoms with Gasteiger partial charge in [-0.05, 0) is 44.3 Å². The standard InChI is InChI=1S/C16H28N2O/c1-4-16(5-2)6-8-18(9-7-16)12-14-10-15(11-17)19-13(14)3/h10H,4-9,11-12,17H2,1-3H3. The lowest BCUT2D eigenvalue weighted by molar-refractivity contribution is 0.0906. The highest BCUT2D eigenvalue weighted by molar-refractivity contribution is 5.20. The predicted octanol–water partition coefficient (Wildman–Crippen LogP) is 3.45. The van der Waals surface area contributed by atoms with Gasteiger partial charge in [-0.2, -0.15) is 0 Å². The quantitative estimate of drug-likeness (QED) is 0.885. The van der Waals surface area contributed by atoms with Crippen molar-refractivity contribution in [2.75, 3.05) is 13.1 Å². The fourth-order valence-corrected chi connectivity index (χ4v) is 3.23. The number of hydrogen-bond donors (Lipinski definition) is 1. The third kappa shape index (κ3) is 3.21. The molecule has 0 spiro atoms. The van der Waals surface area contributed by atoms with Crippen LogP contribution in [0.5, 0.6) is 0 Å². The SMILES string of the molecule is CCC1(CC)CCN(Cc2cc(CN)oc2C)CC1. The summed E-state index contributed by atoms with van der Waals surface area (Å²) >= 11 is 0. The first-order chi connectivity index (χ1) is 9.12. The predicted molar refractivity (Wildman–Crippen MR) is 78.9 cm³/mol. The van der Waals surface area contributed by atoms with Crippen LogP contribution in [0.2, 0.25) is 0 Å². The lowest BCUT2D eigenvalue weighted by Crippen LogP contribution is -2.39. The molecule has 108 valence electrons. The second kappa shape index (κ2) is 6.10. The van der Waals surface area contributed by atoms with Crippen LogP contribution < -0.4 is 5.73 Å². The van der Waals surface area contributed by atoms with Crippen LogP contribution in [0, 0.1) is 12.3 Å². The first kappa shape index (κ1) is 14.6. The molecule has 3 heteroatoms. The summed E-state index contributed by atoms with van der Waals surface area (Å²) < 4.78 is 5.64. The molecule has 3 nitrogen and oxygen atoms in total. The second-order valence-corrected chi connectivity index (χ2v) is 5.98. The monoisotopic (exact) mass is 264 g/mol. The molecule has 1 aliphatic heterocycles. The average Bonchev–Trinajstić information content (AvgIpc) is 2.81. The summed E-state index contributed by atoms with van der Waals surface area (Å²) in [6.45, 7) is 10.7. The van der Waals surface area contributed by atoms with Crippen molar-refractivity contribution in [3.63, 3.8) is 0 Å². The van der Waals surface area contributed by atoms with Crippen LogP contribution in [0.4, 0.5) is 0 Å². The fraction of sp³-hybridized carbons (Fsp3) is 0.750. The molecule has 19 heavy (non-hydrogen) atoms. The van der Waals surface area contributed by atoms with E-state index in [2.05, 4.69) is 24.8 Å². The van der Waals surface area contributed by atoms with E-state index in [9.17, 15) is 0 Å². The number of likely N-dealkylation sites (tertiary alicyclic amines) is 1. The molecule has 1 aliphatic rings. The Balaban J connectivity index is 1.93. The largest absolute Gasteiger partial charge is 0.465 e. The zero-order valence-corrected chi connectivity index (χ0v) is 12.7. The van der Waals surface area contributed by atoms with Gasteiger partial charge in [-0.15, -0.1) is 0 Å². The van der Waals surface area contributed by atoms with Gasteiger partial charge in [-0.25, -0.2) is 0 Å². The number of nitrogens with two attached hydrogens (primary N) is 1. The van der Waals surface area contributed by atoms with Crippen LogP contribution >= 0.6 is 0 Å². The van der Waals surface area contributed by atoms with Gasteiger partial charge in [0.1, 0.15) is 11.5 Å². The maximum Gasteiger partial charge on any atom is 0.118 e. The Morgan fingerprint density at radius 1 is 1.26 bits per heavy atom. The van der Waals surface area contributed by atoms with E-state index >= 15 is 0 Å². The minimum absolute atomic E-state index is 0.496. The van der Waals surface area contributed by atoms with E-state index in [0.29, 0.717) is 12.0 Å². The van der Waals surface area contributed by atoms with Gasteiger partial charge in [0, 0.05) is 12.1 Å². The molecule has 1 saturated heterocycles. The first-order valence-electron chi connectivity index (χ1n) is 7.63. The van der Waals surface area contributed by atoms with Crippen molar-refractivity contribution in [1.82, 2.24) is 4.90 Å². The summed E-state index contributed by atoms with van der Waals surface area (Å²) in [7, 11) is 0. The maximum absolute atomic E-state index is 5.64. The molecule has 0 amide bonds. The molecule has 0 atom stereocenters. The Kier molecular flexibility index (Phi) is 4.69. The molecule has 0 bridgehead atoms. The van der Waals surface area contributed by atoms with Crippen molar-refractivity contribution < 1.29 is 4.42 Å². The topological polar surface area (TPSA) is 42.4 Å². The van der Waals surface area contributed by atoms with Crippen LogP contribution in [0.1, 0.15) is 56.6 Å². The van der Waals surface area contributed by atoms with Crippen molar-refractivity contribution in [3.8, 4) is 0 Å². The molecule has 2 rings (SSSR count). The maximum atomic E-state index is 5.64. The van der Waals surface area contributed by atoms with E-state index in [1.54, 1.807) is 0 Å². The van der Waals surface area contributed by atoms with Crippen molar-refractivity contribution in [3.05, 3.63) is 23.2 Å². The summed E-state index contributed by atoms with van der Waals surface area (Å²) in [6.07, 6.45) is 5.31. The smallest absolute Gasteiger partial charge is 0.118 e. The molecule has 0 aromatic carbocycles. The molecule has 1 fully saturated rings. The molecule has 0 unspecified atom stereocenters. The molecule has 2 heterocycles. The Bertz CT molecular complexity index is 397. The molecule has 0 radical (unpaired) electrons. The fourth-order valence-electron chi connectivity index (χ4n) is 3.23. The normalized spacial score (nSPS) is 19.8. The number of rotatable bonds is 5. The number of hydrogen-bond acceptors (Lipinski definition) is 3. The van der Waals surface area contributed by atoms with E-state index < -0.39 is 0 Å². The Morgan fingerprint density at radius 2 is 1.89 bits per heavy atom. The van der Waals surface area contributed by atoms with E-state index in [-0.39, 0.29) is 0 Å². The first-order valence-corrected chi connectivity index (χ1v) is 7.63. The summed E-state index contributed by atoms with van der Waals surface area (Å²) in [4.78, 5) is 2.56. The van der Waals surface area contributed by atoms with E-state index in [1.165, 1.54) is 44.3 Å². The Hall–Kier alpha value is -0.800. The van der Waals surface area contributed by atoms with Crippen molar-refractivity contribution in [2.45, 2.75) is 59.5 Å². The zero-order chi connectivity index (χ0) is 13.9. The zero-order valence-electron chi connectivity index (χ0n) is 12.7. The second-order valence-electron chi connectivity index (χ2n) is 5.98. The van der Waals surface area contributed by atoms with Crippen molar-refractivity contribution in [1.29, 1.82) is 0 Å². The number of nitrogens with zero attached hydrogens (tertiary/aromatic N) is 1. The van der Waals surface area contributed by atoms with E-state index in [1.807, 2.05) is 6.92 Å². The molecule has 1 aromatic rings. The van der Waals surface area contributed by atoms with Gasteiger partial charge in [0.15, 0.2) is 0 Å². The molecule has 1 aromatic heterocycles. The van der Waals surface area contributed by atoms with Gasteiger partial charge in [-0.1, -0.05) is 26.7 Å². The molecular weight excluding hydrogens is 236 g/mol. The van der Waals surface area contributed by atoms with Gasteiger partial charge in [0.05, 0.1) is 6.54 Å². The molecule has 2 N–H and O–H groups in total. The third-order valence-electron chi connectivity index (χ3n) is 5.08. The number of piperidine rings is 1. The summed E-state index contributed by atoms with van der Waals surface area (Å²) in [6, 6.07) is 2.12. The van der Waals surface area contributed by atoms with E-state index in [0.717, 1.165) is 18.1 Å². The lowest BCUT2D eigenvalue weighted by atomic mass is 9.74. The number of aryl methyl sites for hydroxylation is 1. The minimum atomic E-state index is 0.496. The third-order valence-corrected chi connectivity index (χ3v) is 5.08. The lowest BCUT2D eigenvalue weighted by Gasteiger charge is -2.41. The van der Waals surface area contributed by atoms with Crippen LogP contribution in [0.3, 0.4) is 0 Å². The van der Waals surface area contributed by atoms with Crippen molar-refractivity contribution in [2.24, 2.45) is 11.1 Å². The van der Waals surface area contributed by atoms with Gasteiger partial charge in [0.2, 0.25) is 0 Å². The van der Waals surface area contributed by atoms with Gasteiger partial charge < -0.3 is 10.2 Å². The van der Waals surface area contributed by atoms with Crippen LogP contribution in [0.15, 0.2) is 10.5 Å². The highest BCUT2D eigenvalue weighted by Gasteiger charge is 2.31. The minimum Gasteiger partial charge on any atom is -0.465 e. The average molecular weight is 264 g/mol. The molecular formula is C16H28N2O. The Labute approximate surface area is 117 Å². The molecule has 0 aliphatic carbocycles. The highest BCUT2D eigenvalue weighted by atomic mass is 16.3. The van der Waals surface area contributed by atoms with Gasteiger partial charge >= 0.3 is 0 Å². The van der Waals surface area contributed by atoms with Crippen LogP contribution in [-0.2, 0) is 13.1 Å². The summed E-state index contributed by atoms with van der Waals surface area (Å²) in [5, 5.41) is 0. The van der Waals surface area contributed by atoms with Crippen LogP contribution in [0.25, 0.3) is 0 Å². The highest BCUT2D eigenvalue weighted by Crippen LogP contribution is 2.38. The van der Waals surface area contributed by atoms with Crippen LogP contribution in [-0.4, -0.2) is 18.0 Å². The molecule has 0 saturated carbocycles.